The first-order chi connectivity index (χ1) is 8.50. The number of carboxylic acids is 1. The number of rotatable bonds is 6. The second kappa shape index (κ2) is 6.63. The van der Waals surface area contributed by atoms with E-state index in [2.05, 4.69) is 5.32 Å². The van der Waals surface area contributed by atoms with Gasteiger partial charge >= 0.3 is 18.2 Å². The number of carbonyl (C=O) groups is 2. The van der Waals surface area contributed by atoms with Gasteiger partial charge in [0, 0.05) is 6.54 Å². The highest BCUT2D eigenvalue weighted by atomic mass is 19.4. The summed E-state index contributed by atoms with van der Waals surface area (Å²) in [4.78, 5) is 21.9. The van der Waals surface area contributed by atoms with Crippen molar-refractivity contribution in [3.63, 3.8) is 0 Å². The number of hydrogen-bond acceptors (Lipinski definition) is 2. The predicted octanol–water partition coefficient (Wildman–Crippen LogP) is 2.13. The van der Waals surface area contributed by atoms with Crippen LogP contribution >= 0.6 is 0 Å². The Morgan fingerprint density at radius 3 is 2.16 bits per heavy atom. The van der Waals surface area contributed by atoms with E-state index in [1.165, 1.54) is 5.32 Å². The maximum atomic E-state index is 12.6. The van der Waals surface area contributed by atoms with Crippen LogP contribution in [0.3, 0.4) is 0 Å². The van der Waals surface area contributed by atoms with Crippen molar-refractivity contribution in [1.82, 2.24) is 10.6 Å². The molecule has 0 aromatic rings. The number of alkyl halides is 3. The number of nitrogens with one attached hydrogen (secondary N) is 2. The molecule has 0 aromatic heterocycles. The summed E-state index contributed by atoms with van der Waals surface area (Å²) >= 11 is 0. The van der Waals surface area contributed by atoms with Gasteiger partial charge in [0.05, 0.1) is 0 Å². The molecule has 3 N–H and O–H groups in total. The van der Waals surface area contributed by atoms with Gasteiger partial charge in [-0.1, -0.05) is 13.8 Å². The Hall–Kier alpha value is -1.47. The summed E-state index contributed by atoms with van der Waals surface area (Å²) in [7, 11) is 0. The fourth-order valence-corrected chi connectivity index (χ4v) is 1.23. The summed E-state index contributed by atoms with van der Waals surface area (Å²) in [6, 6.07) is -1.15. The monoisotopic (exact) mass is 284 g/mol. The van der Waals surface area contributed by atoms with E-state index in [1.807, 2.05) is 13.8 Å². The van der Waals surface area contributed by atoms with E-state index in [0.717, 1.165) is 6.42 Å². The van der Waals surface area contributed by atoms with Crippen LogP contribution in [-0.4, -0.2) is 35.4 Å². The summed E-state index contributed by atoms with van der Waals surface area (Å²) in [5.41, 5.74) is -3.30. The van der Waals surface area contributed by atoms with Crippen LogP contribution in [-0.2, 0) is 4.79 Å². The van der Waals surface area contributed by atoms with Crippen LogP contribution in [0, 0.1) is 5.92 Å². The van der Waals surface area contributed by atoms with E-state index in [4.69, 9.17) is 5.11 Å². The molecule has 0 aliphatic heterocycles. The third-order valence-corrected chi connectivity index (χ3v) is 2.60. The number of carbonyl (C=O) groups excluding carboxylic acids is 1. The first-order valence-electron chi connectivity index (χ1n) is 5.87. The molecule has 0 aliphatic rings. The lowest BCUT2D eigenvalue weighted by Gasteiger charge is -2.28. The molecule has 0 aliphatic carbocycles. The SMILES string of the molecule is CC(C)CCCNC(=O)NC(C)(C(=O)O)C(F)(F)F. The van der Waals surface area contributed by atoms with Gasteiger partial charge in [0.15, 0.2) is 0 Å². The zero-order chi connectivity index (χ0) is 15.3. The molecule has 0 fully saturated rings. The van der Waals surface area contributed by atoms with Crippen molar-refractivity contribution in [1.29, 1.82) is 0 Å². The van der Waals surface area contributed by atoms with Crippen LogP contribution in [0.2, 0.25) is 0 Å². The fraction of sp³-hybridized carbons (Fsp3) is 0.818. The number of halogens is 3. The average Bonchev–Trinajstić information content (AvgIpc) is 2.22. The topological polar surface area (TPSA) is 78.4 Å². The molecule has 112 valence electrons. The van der Waals surface area contributed by atoms with Crippen molar-refractivity contribution in [2.75, 3.05) is 6.54 Å². The maximum Gasteiger partial charge on any atom is 0.422 e. The van der Waals surface area contributed by atoms with E-state index in [0.29, 0.717) is 19.3 Å². The molecular formula is C11H19F3N2O3. The van der Waals surface area contributed by atoms with Crippen LogP contribution < -0.4 is 10.6 Å². The van der Waals surface area contributed by atoms with Gasteiger partial charge in [-0.05, 0) is 25.7 Å². The molecule has 0 saturated carbocycles. The number of amides is 2. The Bertz CT molecular complexity index is 332. The first kappa shape index (κ1) is 17.5. The minimum Gasteiger partial charge on any atom is -0.479 e. The van der Waals surface area contributed by atoms with Gasteiger partial charge in [-0.3, -0.25) is 0 Å². The van der Waals surface area contributed by atoms with Crippen LogP contribution in [0.5, 0.6) is 0 Å². The third kappa shape index (κ3) is 5.35. The summed E-state index contributed by atoms with van der Waals surface area (Å²) < 4.78 is 37.8. The lowest BCUT2D eigenvalue weighted by Crippen LogP contribution is -2.63. The number of hydrogen-bond donors (Lipinski definition) is 3. The normalized spacial score (nSPS) is 14.9. The molecule has 0 rings (SSSR count). The van der Waals surface area contributed by atoms with E-state index in [-0.39, 0.29) is 6.54 Å². The highest BCUT2D eigenvalue weighted by Crippen LogP contribution is 2.30. The van der Waals surface area contributed by atoms with Gasteiger partial charge in [-0.2, -0.15) is 13.2 Å². The van der Waals surface area contributed by atoms with Gasteiger partial charge in [-0.15, -0.1) is 0 Å². The molecule has 8 heteroatoms. The van der Waals surface area contributed by atoms with Crippen LogP contribution in [0.15, 0.2) is 0 Å². The standard InChI is InChI=1S/C11H19F3N2O3/c1-7(2)5-4-6-15-9(19)16-10(3,8(17)18)11(12,13)14/h7H,4-6H2,1-3H3,(H,17,18)(H2,15,16,19). The molecule has 0 bridgehead atoms. The highest BCUT2D eigenvalue weighted by Gasteiger charge is 2.58. The van der Waals surface area contributed by atoms with Crippen molar-refractivity contribution < 1.29 is 27.9 Å². The fourth-order valence-electron chi connectivity index (χ4n) is 1.23. The minimum atomic E-state index is -5.08. The van der Waals surface area contributed by atoms with Crippen LogP contribution in [0.4, 0.5) is 18.0 Å². The Morgan fingerprint density at radius 2 is 1.79 bits per heavy atom. The highest BCUT2D eigenvalue weighted by molar-refractivity contribution is 5.86. The number of aliphatic carboxylic acids is 1. The van der Waals surface area contributed by atoms with E-state index < -0.39 is 23.7 Å². The van der Waals surface area contributed by atoms with Crippen molar-refractivity contribution in [2.45, 2.75) is 45.3 Å². The summed E-state index contributed by atoms with van der Waals surface area (Å²) in [6.45, 7) is 4.55. The molecule has 2 amide bonds. The Kier molecular flexibility index (Phi) is 6.11. The lowest BCUT2D eigenvalue weighted by molar-refractivity contribution is -0.203. The Labute approximate surface area is 109 Å². The van der Waals surface area contributed by atoms with Crippen molar-refractivity contribution >= 4 is 12.0 Å². The van der Waals surface area contributed by atoms with Gasteiger partial charge in [0.1, 0.15) is 0 Å². The van der Waals surface area contributed by atoms with Crippen molar-refractivity contribution in [3.8, 4) is 0 Å². The quantitative estimate of drug-likeness (QED) is 0.654. The predicted molar refractivity (Wildman–Crippen MR) is 62.7 cm³/mol. The minimum absolute atomic E-state index is 0.192. The zero-order valence-electron chi connectivity index (χ0n) is 11.1. The molecule has 1 atom stereocenters. The smallest absolute Gasteiger partial charge is 0.422 e. The maximum absolute atomic E-state index is 12.6. The van der Waals surface area contributed by atoms with Crippen LogP contribution in [0.25, 0.3) is 0 Å². The molecule has 0 saturated heterocycles. The summed E-state index contributed by atoms with van der Waals surface area (Å²) in [6.07, 6.45) is -3.65. The third-order valence-electron chi connectivity index (χ3n) is 2.60. The van der Waals surface area contributed by atoms with Gasteiger partial charge < -0.3 is 15.7 Å². The molecule has 1 unspecified atom stereocenters. The average molecular weight is 284 g/mol. The Morgan fingerprint density at radius 1 is 1.26 bits per heavy atom. The summed E-state index contributed by atoms with van der Waals surface area (Å²) in [5.74, 6) is -1.73. The van der Waals surface area contributed by atoms with Crippen molar-refractivity contribution in [3.05, 3.63) is 0 Å². The van der Waals surface area contributed by atoms with E-state index >= 15 is 0 Å². The molecule has 19 heavy (non-hydrogen) atoms. The van der Waals surface area contributed by atoms with Crippen molar-refractivity contribution in [2.24, 2.45) is 5.92 Å². The number of urea groups is 1. The molecule has 0 aromatic carbocycles. The molecule has 0 radical (unpaired) electrons. The Balaban J connectivity index is 4.39. The van der Waals surface area contributed by atoms with Gasteiger partial charge in [0.25, 0.3) is 0 Å². The lowest BCUT2D eigenvalue weighted by atomic mass is 10.0. The van der Waals surface area contributed by atoms with Gasteiger partial charge in [0.2, 0.25) is 5.54 Å². The van der Waals surface area contributed by atoms with Gasteiger partial charge in [-0.25, -0.2) is 9.59 Å². The second-order valence-electron chi connectivity index (χ2n) is 4.84. The first-order valence-corrected chi connectivity index (χ1v) is 5.87. The molecular weight excluding hydrogens is 265 g/mol. The number of carboxylic acid groups (broad SMARTS) is 1. The molecule has 0 heterocycles. The van der Waals surface area contributed by atoms with E-state index in [1.54, 1.807) is 0 Å². The summed E-state index contributed by atoms with van der Waals surface area (Å²) in [5, 5.41) is 12.3. The van der Waals surface area contributed by atoms with E-state index in [9.17, 15) is 22.8 Å². The molecule has 5 nitrogen and oxygen atoms in total. The zero-order valence-corrected chi connectivity index (χ0v) is 11.1. The largest absolute Gasteiger partial charge is 0.479 e. The molecule has 0 spiro atoms. The van der Waals surface area contributed by atoms with Crippen LogP contribution in [0.1, 0.15) is 33.6 Å². The second-order valence-corrected chi connectivity index (χ2v) is 4.84.